The summed E-state index contributed by atoms with van der Waals surface area (Å²) < 4.78 is 13.1. The molecule has 30 heavy (non-hydrogen) atoms. The number of aryl methyl sites for hydroxylation is 1. The van der Waals surface area contributed by atoms with Crippen LogP contribution in [0.2, 0.25) is 0 Å². The Kier molecular flexibility index (Phi) is 9.37. The van der Waals surface area contributed by atoms with Crippen molar-refractivity contribution in [1.82, 2.24) is 10.2 Å². The lowest BCUT2D eigenvalue weighted by Crippen LogP contribution is -2.50. The van der Waals surface area contributed by atoms with Gasteiger partial charge in [0.15, 0.2) is 0 Å². The number of halogens is 1. The Bertz CT molecular complexity index is 841. The molecule has 162 valence electrons. The topological polar surface area (TPSA) is 49.4 Å². The number of carbonyl (C=O) groups excluding carboxylic acids is 2. The van der Waals surface area contributed by atoms with E-state index in [0.29, 0.717) is 12.3 Å². The van der Waals surface area contributed by atoms with Gasteiger partial charge in [-0.3, -0.25) is 9.59 Å². The summed E-state index contributed by atoms with van der Waals surface area (Å²) in [4.78, 5) is 27.4. The third-order valence-electron chi connectivity index (χ3n) is 5.01. The zero-order chi connectivity index (χ0) is 22.1. The molecule has 0 bridgehead atoms. The molecule has 2 unspecified atom stereocenters. The highest BCUT2D eigenvalue weighted by molar-refractivity contribution is 7.99. The maximum atomic E-state index is 13.1. The predicted molar refractivity (Wildman–Crippen MR) is 122 cm³/mol. The fourth-order valence-electron chi connectivity index (χ4n) is 2.98. The van der Waals surface area contributed by atoms with Crippen LogP contribution in [-0.2, 0) is 21.9 Å². The minimum absolute atomic E-state index is 0.0590. The van der Waals surface area contributed by atoms with E-state index in [9.17, 15) is 14.0 Å². The first-order chi connectivity index (χ1) is 14.3. The second-order valence-electron chi connectivity index (χ2n) is 7.62. The number of hydrogen-bond donors (Lipinski definition) is 1. The van der Waals surface area contributed by atoms with Gasteiger partial charge >= 0.3 is 0 Å². The lowest BCUT2D eigenvalue weighted by Gasteiger charge is -2.29. The normalized spacial score (nSPS) is 12.8. The molecule has 0 radical (unpaired) electrons. The lowest BCUT2D eigenvalue weighted by molar-refractivity contribution is -0.138. The van der Waals surface area contributed by atoms with Gasteiger partial charge in [-0.2, -0.15) is 0 Å². The Morgan fingerprint density at radius 3 is 2.43 bits per heavy atom. The zero-order valence-electron chi connectivity index (χ0n) is 18.2. The van der Waals surface area contributed by atoms with E-state index in [1.165, 1.54) is 23.9 Å². The zero-order valence-corrected chi connectivity index (χ0v) is 19.0. The van der Waals surface area contributed by atoms with Gasteiger partial charge in [0.2, 0.25) is 11.8 Å². The number of hydrogen-bond acceptors (Lipinski definition) is 3. The Morgan fingerprint density at radius 1 is 1.10 bits per heavy atom. The van der Waals surface area contributed by atoms with Crippen molar-refractivity contribution >= 4 is 23.6 Å². The summed E-state index contributed by atoms with van der Waals surface area (Å²) in [6.45, 7) is 8.13. The number of benzene rings is 2. The number of thioether (sulfide) groups is 1. The summed E-state index contributed by atoms with van der Waals surface area (Å²) in [6, 6.07) is 13.7. The van der Waals surface area contributed by atoms with Crippen LogP contribution in [0.25, 0.3) is 0 Å². The van der Waals surface area contributed by atoms with Crippen molar-refractivity contribution in [3.8, 4) is 0 Å². The fourth-order valence-corrected chi connectivity index (χ4v) is 3.85. The highest BCUT2D eigenvalue weighted by Gasteiger charge is 2.26. The minimum Gasteiger partial charge on any atom is -0.352 e. The van der Waals surface area contributed by atoms with E-state index in [-0.39, 0.29) is 29.4 Å². The molecule has 0 fully saturated rings. The monoisotopic (exact) mass is 430 g/mol. The molecule has 6 heteroatoms. The van der Waals surface area contributed by atoms with Gasteiger partial charge in [0.05, 0.1) is 5.75 Å². The van der Waals surface area contributed by atoms with Crippen LogP contribution in [0.3, 0.4) is 0 Å². The summed E-state index contributed by atoms with van der Waals surface area (Å²) in [7, 11) is 0. The number of rotatable bonds is 10. The molecule has 0 aromatic heterocycles. The molecule has 2 aromatic rings. The van der Waals surface area contributed by atoms with Gasteiger partial charge in [0.1, 0.15) is 11.9 Å². The van der Waals surface area contributed by atoms with Crippen LogP contribution in [-0.4, -0.2) is 34.6 Å². The summed E-state index contributed by atoms with van der Waals surface area (Å²) in [5.74, 6) is 0.358. The number of carbonyl (C=O) groups is 2. The summed E-state index contributed by atoms with van der Waals surface area (Å²) in [6.07, 6.45) is 0.831. The third kappa shape index (κ3) is 7.48. The number of nitrogens with one attached hydrogen (secondary N) is 1. The predicted octanol–water partition coefficient (Wildman–Crippen LogP) is 4.70. The van der Waals surface area contributed by atoms with E-state index < -0.39 is 6.04 Å². The SMILES string of the molecule is CCC(C)NC(=O)C(C)N(Cc1cccc(C)c1)C(=O)CSCc1ccc(F)cc1. The molecule has 0 aliphatic carbocycles. The van der Waals surface area contributed by atoms with Gasteiger partial charge in [0.25, 0.3) is 0 Å². The van der Waals surface area contributed by atoms with E-state index in [4.69, 9.17) is 0 Å². The first kappa shape index (κ1) is 23.9. The van der Waals surface area contributed by atoms with E-state index in [1.807, 2.05) is 45.0 Å². The van der Waals surface area contributed by atoms with Crippen LogP contribution in [0, 0.1) is 12.7 Å². The van der Waals surface area contributed by atoms with Crippen molar-refractivity contribution in [3.63, 3.8) is 0 Å². The average Bonchev–Trinajstić information content (AvgIpc) is 2.72. The third-order valence-corrected chi connectivity index (χ3v) is 6.00. The Morgan fingerprint density at radius 2 is 1.80 bits per heavy atom. The summed E-state index contributed by atoms with van der Waals surface area (Å²) >= 11 is 1.46. The van der Waals surface area contributed by atoms with Gasteiger partial charge in [0, 0.05) is 18.3 Å². The van der Waals surface area contributed by atoms with Gasteiger partial charge in [-0.1, -0.05) is 48.9 Å². The Hall–Kier alpha value is -2.34. The van der Waals surface area contributed by atoms with Gasteiger partial charge in [-0.25, -0.2) is 4.39 Å². The average molecular weight is 431 g/mol. The van der Waals surface area contributed by atoms with Crippen LogP contribution in [0.1, 0.15) is 43.9 Å². The van der Waals surface area contributed by atoms with Crippen molar-refractivity contribution in [2.45, 2.75) is 58.5 Å². The van der Waals surface area contributed by atoms with Gasteiger partial charge in [-0.05, 0) is 50.5 Å². The molecule has 0 aliphatic rings. The molecule has 0 heterocycles. The lowest BCUT2D eigenvalue weighted by atomic mass is 10.1. The highest BCUT2D eigenvalue weighted by Crippen LogP contribution is 2.17. The highest BCUT2D eigenvalue weighted by atomic mass is 32.2. The Labute approximate surface area is 183 Å². The molecule has 0 saturated heterocycles. The Balaban J connectivity index is 2.07. The maximum Gasteiger partial charge on any atom is 0.242 e. The standard InChI is InChI=1S/C24H31FN2O2S/c1-5-18(3)26-24(29)19(4)27(14-21-8-6-7-17(2)13-21)23(28)16-30-15-20-9-11-22(25)12-10-20/h6-13,18-19H,5,14-16H2,1-4H3,(H,26,29). The molecular formula is C24H31FN2O2S. The summed E-state index contributed by atoms with van der Waals surface area (Å²) in [5, 5.41) is 2.97. The molecule has 2 amide bonds. The number of nitrogens with zero attached hydrogens (tertiary/aromatic N) is 1. The second-order valence-corrected chi connectivity index (χ2v) is 8.61. The smallest absolute Gasteiger partial charge is 0.242 e. The largest absolute Gasteiger partial charge is 0.352 e. The minimum atomic E-state index is -0.571. The first-order valence-corrected chi connectivity index (χ1v) is 11.4. The molecule has 2 atom stereocenters. The molecule has 0 aliphatic heterocycles. The van der Waals surface area contributed by atoms with E-state index in [1.54, 1.807) is 24.0 Å². The molecule has 2 aromatic carbocycles. The van der Waals surface area contributed by atoms with Crippen LogP contribution in [0.4, 0.5) is 4.39 Å². The summed E-state index contributed by atoms with van der Waals surface area (Å²) in [5.41, 5.74) is 3.07. The molecular weight excluding hydrogens is 399 g/mol. The van der Waals surface area contributed by atoms with Crippen LogP contribution >= 0.6 is 11.8 Å². The maximum absolute atomic E-state index is 13.1. The van der Waals surface area contributed by atoms with E-state index >= 15 is 0 Å². The first-order valence-electron chi connectivity index (χ1n) is 10.3. The van der Waals surface area contributed by atoms with Crippen LogP contribution in [0.5, 0.6) is 0 Å². The quantitative estimate of drug-likeness (QED) is 0.594. The van der Waals surface area contributed by atoms with Crippen LogP contribution < -0.4 is 5.32 Å². The molecule has 2 rings (SSSR count). The van der Waals surface area contributed by atoms with Crippen molar-refractivity contribution in [3.05, 3.63) is 71.0 Å². The van der Waals surface area contributed by atoms with Gasteiger partial charge in [-0.15, -0.1) is 11.8 Å². The van der Waals surface area contributed by atoms with Crippen molar-refractivity contribution in [2.24, 2.45) is 0 Å². The van der Waals surface area contributed by atoms with Crippen molar-refractivity contribution < 1.29 is 14.0 Å². The second kappa shape index (κ2) is 11.7. The molecule has 0 saturated carbocycles. The van der Waals surface area contributed by atoms with E-state index in [2.05, 4.69) is 5.32 Å². The van der Waals surface area contributed by atoms with Gasteiger partial charge < -0.3 is 10.2 Å². The van der Waals surface area contributed by atoms with Crippen molar-refractivity contribution in [2.75, 3.05) is 5.75 Å². The number of amides is 2. The van der Waals surface area contributed by atoms with E-state index in [0.717, 1.165) is 23.1 Å². The molecule has 0 spiro atoms. The molecule has 1 N–H and O–H groups in total. The van der Waals surface area contributed by atoms with Crippen LogP contribution in [0.15, 0.2) is 48.5 Å². The fraction of sp³-hybridized carbons (Fsp3) is 0.417. The van der Waals surface area contributed by atoms with Crippen molar-refractivity contribution in [1.29, 1.82) is 0 Å². The molecule has 4 nitrogen and oxygen atoms in total.